The van der Waals surface area contributed by atoms with Gasteiger partial charge >= 0.3 is 17.9 Å². The average molecular weight is 996 g/mol. The van der Waals surface area contributed by atoms with Crippen molar-refractivity contribution >= 4 is 17.9 Å². The molecule has 0 aliphatic rings. The molecule has 414 valence electrons. The monoisotopic (exact) mass is 995 g/mol. The minimum Gasteiger partial charge on any atom is -0.462 e. The van der Waals surface area contributed by atoms with Gasteiger partial charge in [0, 0.05) is 19.3 Å². The summed E-state index contributed by atoms with van der Waals surface area (Å²) in [6, 6.07) is 0. The molecule has 0 aromatic rings. The highest BCUT2D eigenvalue weighted by molar-refractivity contribution is 5.71. The van der Waals surface area contributed by atoms with Crippen molar-refractivity contribution in [2.45, 2.75) is 335 Å². The molecule has 0 N–H and O–H groups in total. The highest BCUT2D eigenvalue weighted by atomic mass is 16.6. The van der Waals surface area contributed by atoms with Crippen LogP contribution in [0.5, 0.6) is 0 Å². The zero-order valence-corrected chi connectivity index (χ0v) is 47.5. The van der Waals surface area contributed by atoms with Gasteiger partial charge in [0.1, 0.15) is 13.2 Å². The van der Waals surface area contributed by atoms with Gasteiger partial charge in [-0.2, -0.15) is 0 Å². The Kier molecular flexibility index (Phi) is 57.7. The molecule has 0 saturated carbocycles. The summed E-state index contributed by atoms with van der Waals surface area (Å²) in [7, 11) is 0. The first kappa shape index (κ1) is 68.4. The van der Waals surface area contributed by atoms with Crippen LogP contribution in [0.15, 0.2) is 48.6 Å². The number of ether oxygens (including phenoxy) is 3. The highest BCUT2D eigenvalue weighted by Crippen LogP contribution is 2.17. The second-order valence-corrected chi connectivity index (χ2v) is 20.9. The van der Waals surface area contributed by atoms with Crippen molar-refractivity contribution in [2.75, 3.05) is 13.2 Å². The zero-order chi connectivity index (χ0) is 51.4. The van der Waals surface area contributed by atoms with E-state index in [0.717, 1.165) is 96.3 Å². The molecular weight excluding hydrogens is 877 g/mol. The molecular formula is C65H118O6. The number of carbonyl (C=O) groups is 3. The maximum atomic E-state index is 12.9. The van der Waals surface area contributed by atoms with Crippen molar-refractivity contribution < 1.29 is 28.6 Å². The van der Waals surface area contributed by atoms with Crippen LogP contribution in [-0.4, -0.2) is 37.2 Å². The van der Waals surface area contributed by atoms with Crippen LogP contribution < -0.4 is 0 Å². The predicted octanol–water partition coefficient (Wildman–Crippen LogP) is 21.0. The summed E-state index contributed by atoms with van der Waals surface area (Å²) in [5, 5.41) is 0. The van der Waals surface area contributed by atoms with E-state index in [0.29, 0.717) is 19.3 Å². The summed E-state index contributed by atoms with van der Waals surface area (Å²) in [6.07, 6.45) is 74.0. The lowest BCUT2D eigenvalue weighted by molar-refractivity contribution is -0.167. The van der Waals surface area contributed by atoms with Gasteiger partial charge in [0.2, 0.25) is 0 Å². The average Bonchev–Trinajstić information content (AvgIpc) is 3.37. The molecule has 0 fully saturated rings. The fraction of sp³-hybridized carbons (Fsp3) is 0.831. The van der Waals surface area contributed by atoms with Crippen LogP contribution in [0, 0.1) is 0 Å². The van der Waals surface area contributed by atoms with Gasteiger partial charge in [-0.25, -0.2) is 0 Å². The van der Waals surface area contributed by atoms with Crippen molar-refractivity contribution in [3.63, 3.8) is 0 Å². The fourth-order valence-electron chi connectivity index (χ4n) is 9.16. The van der Waals surface area contributed by atoms with Gasteiger partial charge in [-0.1, -0.05) is 281 Å². The van der Waals surface area contributed by atoms with E-state index in [1.54, 1.807) is 0 Å². The van der Waals surface area contributed by atoms with E-state index >= 15 is 0 Å². The summed E-state index contributed by atoms with van der Waals surface area (Å²) >= 11 is 0. The van der Waals surface area contributed by atoms with Crippen LogP contribution in [0.3, 0.4) is 0 Å². The SMILES string of the molecule is CC/C=C\C/C=C\C/C=C\CCCCCCCC(=O)OC[C@H](COC(=O)CCCCCCCCCCC/C=C\CCCCCCCC)OC(=O)CCCCCCCCCCCCCCCCCCCCC. The Labute approximate surface area is 441 Å². The number of carbonyl (C=O) groups excluding carboxylic acids is 3. The van der Waals surface area contributed by atoms with Crippen LogP contribution in [0.4, 0.5) is 0 Å². The molecule has 0 aliphatic carbocycles. The lowest BCUT2D eigenvalue weighted by atomic mass is 10.0. The molecule has 1 atom stereocenters. The minimum atomic E-state index is -0.779. The molecule has 71 heavy (non-hydrogen) atoms. The van der Waals surface area contributed by atoms with Gasteiger partial charge < -0.3 is 14.2 Å². The number of allylic oxidation sites excluding steroid dienone is 8. The normalized spacial score (nSPS) is 12.3. The molecule has 6 nitrogen and oxygen atoms in total. The quantitative estimate of drug-likeness (QED) is 0.0261. The fourth-order valence-corrected chi connectivity index (χ4v) is 9.16. The minimum absolute atomic E-state index is 0.0764. The van der Waals surface area contributed by atoms with Crippen LogP contribution in [0.1, 0.15) is 329 Å². The van der Waals surface area contributed by atoms with Crippen LogP contribution in [0.2, 0.25) is 0 Å². The lowest BCUT2D eigenvalue weighted by Gasteiger charge is -2.18. The van der Waals surface area contributed by atoms with E-state index in [1.165, 1.54) is 193 Å². The van der Waals surface area contributed by atoms with E-state index in [1.807, 2.05) is 0 Å². The third-order valence-electron chi connectivity index (χ3n) is 13.8. The molecule has 0 aromatic heterocycles. The third kappa shape index (κ3) is 58.1. The zero-order valence-electron chi connectivity index (χ0n) is 47.5. The van der Waals surface area contributed by atoms with Gasteiger partial charge in [0.05, 0.1) is 0 Å². The van der Waals surface area contributed by atoms with E-state index in [-0.39, 0.29) is 31.1 Å². The van der Waals surface area contributed by atoms with Crippen molar-refractivity contribution in [2.24, 2.45) is 0 Å². The van der Waals surface area contributed by atoms with E-state index in [4.69, 9.17) is 14.2 Å². The summed E-state index contributed by atoms with van der Waals surface area (Å²) in [6.45, 7) is 6.56. The van der Waals surface area contributed by atoms with Gasteiger partial charge in [-0.3, -0.25) is 14.4 Å². The topological polar surface area (TPSA) is 78.9 Å². The van der Waals surface area contributed by atoms with Gasteiger partial charge in [-0.15, -0.1) is 0 Å². The summed E-state index contributed by atoms with van der Waals surface area (Å²) < 4.78 is 16.9. The number of hydrogen-bond acceptors (Lipinski definition) is 6. The van der Waals surface area contributed by atoms with Crippen molar-refractivity contribution in [3.05, 3.63) is 48.6 Å². The molecule has 0 unspecified atom stereocenters. The predicted molar refractivity (Wildman–Crippen MR) is 307 cm³/mol. The Morgan fingerprint density at radius 2 is 0.549 bits per heavy atom. The summed E-state index contributed by atoms with van der Waals surface area (Å²) in [5.74, 6) is -0.876. The molecule has 6 heteroatoms. The van der Waals surface area contributed by atoms with E-state index in [2.05, 4.69) is 69.4 Å². The third-order valence-corrected chi connectivity index (χ3v) is 13.8. The largest absolute Gasteiger partial charge is 0.462 e. The molecule has 0 rings (SSSR count). The summed E-state index contributed by atoms with van der Waals surface area (Å²) in [4.78, 5) is 38.3. The number of esters is 3. The second kappa shape index (κ2) is 59.9. The Bertz CT molecular complexity index is 1230. The van der Waals surface area contributed by atoms with Crippen LogP contribution in [-0.2, 0) is 28.6 Å². The van der Waals surface area contributed by atoms with Crippen LogP contribution in [0.25, 0.3) is 0 Å². The molecule has 0 bridgehead atoms. The standard InChI is InChI=1S/C65H118O6/c1-4-7-10-13-16-19-22-25-28-30-32-34-37-40-43-46-49-52-55-58-64(67)70-61-62(60-69-63(66)57-54-51-48-45-42-39-36-27-24-21-18-15-12-9-6-3)71-65(68)59-56-53-50-47-44-41-38-35-33-31-29-26-23-20-17-14-11-8-5-2/h9,12,18,21,25,27-28,36,62H,4-8,10-11,13-17,19-20,22-24,26,29-35,37-61H2,1-3H3/b12-9-,21-18-,28-25-,36-27-/t62-/m1/s1. The Balaban J connectivity index is 4.34. The van der Waals surface area contributed by atoms with Crippen molar-refractivity contribution in [3.8, 4) is 0 Å². The Morgan fingerprint density at radius 3 is 0.873 bits per heavy atom. The van der Waals surface area contributed by atoms with Crippen molar-refractivity contribution in [1.29, 1.82) is 0 Å². The molecule has 0 aliphatic heterocycles. The molecule has 0 heterocycles. The number of hydrogen-bond donors (Lipinski definition) is 0. The Hall–Kier alpha value is -2.63. The highest BCUT2D eigenvalue weighted by Gasteiger charge is 2.19. The molecule has 0 radical (unpaired) electrons. The smallest absolute Gasteiger partial charge is 0.306 e. The van der Waals surface area contributed by atoms with Gasteiger partial charge in [0.25, 0.3) is 0 Å². The maximum absolute atomic E-state index is 12.9. The number of unbranched alkanes of at least 4 members (excludes halogenated alkanes) is 38. The Morgan fingerprint density at radius 1 is 0.296 bits per heavy atom. The van der Waals surface area contributed by atoms with E-state index in [9.17, 15) is 14.4 Å². The molecule has 0 spiro atoms. The first-order chi connectivity index (χ1) is 35.0. The molecule has 0 saturated heterocycles. The van der Waals surface area contributed by atoms with Gasteiger partial charge in [0.15, 0.2) is 6.10 Å². The second-order valence-electron chi connectivity index (χ2n) is 20.9. The molecule has 0 aromatic carbocycles. The van der Waals surface area contributed by atoms with Crippen LogP contribution >= 0.6 is 0 Å². The van der Waals surface area contributed by atoms with Gasteiger partial charge in [-0.05, 0) is 77.0 Å². The van der Waals surface area contributed by atoms with E-state index < -0.39 is 6.10 Å². The maximum Gasteiger partial charge on any atom is 0.306 e. The first-order valence-corrected chi connectivity index (χ1v) is 31.1. The first-order valence-electron chi connectivity index (χ1n) is 31.1. The lowest BCUT2D eigenvalue weighted by Crippen LogP contribution is -2.30. The molecule has 0 amide bonds. The summed E-state index contributed by atoms with van der Waals surface area (Å²) in [5.41, 5.74) is 0. The number of rotatable bonds is 57. The van der Waals surface area contributed by atoms with Crippen molar-refractivity contribution in [1.82, 2.24) is 0 Å².